The van der Waals surface area contributed by atoms with Crippen LogP contribution in [0.3, 0.4) is 0 Å². The average Bonchev–Trinajstić information content (AvgIpc) is 2.63. The Morgan fingerprint density at radius 2 is 1.44 bits per heavy atom. The average molecular weight is 380 g/mol. The molecular weight excluding hydrogens is 354 g/mol. The first-order chi connectivity index (χ1) is 12.8. The molecule has 0 bridgehead atoms. The SMILES string of the molecule is Cc1ccc(S(=O)(=O)N(Cc2cccc(C)c2)c2cccc(C)c2C)cc1. The van der Waals surface area contributed by atoms with Crippen molar-refractivity contribution in [3.63, 3.8) is 0 Å². The molecule has 0 aliphatic heterocycles. The van der Waals surface area contributed by atoms with Crippen LogP contribution in [0, 0.1) is 27.7 Å². The molecule has 3 rings (SSSR count). The maximum atomic E-state index is 13.5. The zero-order valence-electron chi connectivity index (χ0n) is 16.2. The molecule has 3 aromatic carbocycles. The van der Waals surface area contributed by atoms with Gasteiger partial charge in [0.25, 0.3) is 10.0 Å². The van der Waals surface area contributed by atoms with E-state index in [1.54, 1.807) is 12.1 Å². The molecule has 0 saturated heterocycles. The van der Waals surface area contributed by atoms with Crippen molar-refractivity contribution in [2.75, 3.05) is 4.31 Å². The van der Waals surface area contributed by atoms with Crippen LogP contribution in [0.25, 0.3) is 0 Å². The molecule has 140 valence electrons. The minimum absolute atomic E-state index is 0.294. The van der Waals surface area contributed by atoms with E-state index < -0.39 is 10.0 Å². The summed E-state index contributed by atoms with van der Waals surface area (Å²) in [6.45, 7) is 8.23. The molecule has 4 heteroatoms. The van der Waals surface area contributed by atoms with Gasteiger partial charge in [-0.2, -0.15) is 0 Å². The molecular formula is C23H25NO2S. The van der Waals surface area contributed by atoms with Gasteiger partial charge in [-0.15, -0.1) is 0 Å². The van der Waals surface area contributed by atoms with Crippen LogP contribution >= 0.6 is 0 Å². The molecule has 0 aromatic heterocycles. The van der Waals surface area contributed by atoms with Gasteiger partial charge < -0.3 is 0 Å². The second-order valence-corrected chi connectivity index (χ2v) is 8.90. The molecule has 27 heavy (non-hydrogen) atoms. The zero-order valence-corrected chi connectivity index (χ0v) is 17.0. The quantitative estimate of drug-likeness (QED) is 0.602. The predicted molar refractivity (Wildman–Crippen MR) is 112 cm³/mol. The van der Waals surface area contributed by atoms with Crippen molar-refractivity contribution in [1.82, 2.24) is 0 Å². The summed E-state index contributed by atoms with van der Waals surface area (Å²) in [5.74, 6) is 0. The molecule has 0 unspecified atom stereocenters. The van der Waals surface area contributed by atoms with Crippen LogP contribution in [0.15, 0.2) is 71.6 Å². The normalized spacial score (nSPS) is 11.4. The number of anilines is 1. The van der Waals surface area contributed by atoms with Crippen LogP contribution in [0.4, 0.5) is 5.69 Å². The van der Waals surface area contributed by atoms with E-state index in [1.165, 1.54) is 4.31 Å². The van der Waals surface area contributed by atoms with Crippen LogP contribution in [-0.2, 0) is 16.6 Å². The van der Waals surface area contributed by atoms with Crippen LogP contribution < -0.4 is 4.31 Å². The fourth-order valence-corrected chi connectivity index (χ4v) is 4.63. The first kappa shape index (κ1) is 19.2. The summed E-state index contributed by atoms with van der Waals surface area (Å²) in [6.07, 6.45) is 0. The van der Waals surface area contributed by atoms with Gasteiger partial charge in [0, 0.05) is 0 Å². The second-order valence-electron chi connectivity index (χ2n) is 7.03. The van der Waals surface area contributed by atoms with Gasteiger partial charge >= 0.3 is 0 Å². The summed E-state index contributed by atoms with van der Waals surface area (Å²) < 4.78 is 28.6. The highest BCUT2D eigenvalue weighted by atomic mass is 32.2. The van der Waals surface area contributed by atoms with E-state index in [9.17, 15) is 8.42 Å². The van der Waals surface area contributed by atoms with E-state index >= 15 is 0 Å². The number of aryl methyl sites for hydroxylation is 3. The van der Waals surface area contributed by atoms with Crippen molar-refractivity contribution in [3.8, 4) is 0 Å². The maximum absolute atomic E-state index is 13.5. The summed E-state index contributed by atoms with van der Waals surface area (Å²) >= 11 is 0. The van der Waals surface area contributed by atoms with Crippen LogP contribution in [0.2, 0.25) is 0 Å². The summed E-state index contributed by atoms with van der Waals surface area (Å²) in [7, 11) is -3.69. The Bertz CT molecular complexity index is 1050. The third-order valence-corrected chi connectivity index (χ3v) is 6.64. The molecule has 0 N–H and O–H groups in total. The zero-order chi connectivity index (χ0) is 19.6. The molecule has 0 amide bonds. The number of hydrogen-bond acceptors (Lipinski definition) is 2. The first-order valence-electron chi connectivity index (χ1n) is 9.00. The molecule has 0 atom stereocenters. The fourth-order valence-electron chi connectivity index (χ4n) is 3.12. The van der Waals surface area contributed by atoms with Gasteiger partial charge in [0.2, 0.25) is 0 Å². The molecule has 0 fully saturated rings. The molecule has 0 radical (unpaired) electrons. The summed E-state index contributed by atoms with van der Waals surface area (Å²) in [6, 6.07) is 20.8. The molecule has 0 aliphatic carbocycles. The molecule has 0 heterocycles. The topological polar surface area (TPSA) is 37.4 Å². The molecule has 3 aromatic rings. The van der Waals surface area contributed by atoms with E-state index in [1.807, 2.05) is 82.3 Å². The minimum Gasteiger partial charge on any atom is -0.262 e. The Balaban J connectivity index is 2.14. The lowest BCUT2D eigenvalue weighted by Gasteiger charge is -2.27. The van der Waals surface area contributed by atoms with E-state index in [-0.39, 0.29) is 0 Å². The van der Waals surface area contributed by atoms with Crippen molar-refractivity contribution < 1.29 is 8.42 Å². The molecule has 0 aliphatic rings. The number of benzene rings is 3. The first-order valence-corrected chi connectivity index (χ1v) is 10.4. The number of hydrogen-bond donors (Lipinski definition) is 0. The lowest BCUT2D eigenvalue weighted by atomic mass is 10.1. The molecule has 3 nitrogen and oxygen atoms in total. The van der Waals surface area contributed by atoms with Gasteiger partial charge in [0.05, 0.1) is 17.1 Å². The second kappa shape index (κ2) is 7.57. The predicted octanol–water partition coefficient (Wildman–Crippen LogP) is 5.32. The highest BCUT2D eigenvalue weighted by Gasteiger charge is 2.26. The Morgan fingerprint density at radius 1 is 0.778 bits per heavy atom. The van der Waals surface area contributed by atoms with E-state index in [0.717, 1.165) is 33.5 Å². The minimum atomic E-state index is -3.69. The van der Waals surface area contributed by atoms with Crippen LogP contribution in [0.1, 0.15) is 27.8 Å². The van der Waals surface area contributed by atoms with E-state index in [2.05, 4.69) is 0 Å². The number of rotatable bonds is 5. The van der Waals surface area contributed by atoms with Crippen molar-refractivity contribution in [2.45, 2.75) is 39.1 Å². The van der Waals surface area contributed by atoms with Crippen molar-refractivity contribution in [1.29, 1.82) is 0 Å². The third-order valence-electron chi connectivity index (χ3n) is 4.86. The van der Waals surface area contributed by atoms with E-state index in [4.69, 9.17) is 0 Å². The Hall–Kier alpha value is -2.59. The van der Waals surface area contributed by atoms with Crippen molar-refractivity contribution in [3.05, 3.63) is 94.5 Å². The summed E-state index contributed by atoms with van der Waals surface area (Å²) in [5, 5.41) is 0. The highest BCUT2D eigenvalue weighted by Crippen LogP contribution is 2.30. The highest BCUT2D eigenvalue weighted by molar-refractivity contribution is 7.92. The lowest BCUT2D eigenvalue weighted by Crippen LogP contribution is -2.31. The Kier molecular flexibility index (Phi) is 5.38. The van der Waals surface area contributed by atoms with Gasteiger partial charge in [-0.1, -0.05) is 59.7 Å². The van der Waals surface area contributed by atoms with Crippen molar-refractivity contribution >= 4 is 15.7 Å². The number of sulfonamides is 1. The lowest BCUT2D eigenvalue weighted by molar-refractivity contribution is 0.590. The number of nitrogens with zero attached hydrogens (tertiary/aromatic N) is 1. The standard InChI is InChI=1S/C23H25NO2S/c1-17-11-13-22(14-12-17)27(25,26)24(16-21-9-5-7-18(2)15-21)23-10-6-8-19(3)20(23)4/h5-15H,16H2,1-4H3. The van der Waals surface area contributed by atoms with Crippen LogP contribution in [0.5, 0.6) is 0 Å². The Labute approximate surface area is 162 Å². The van der Waals surface area contributed by atoms with Crippen LogP contribution in [-0.4, -0.2) is 8.42 Å². The van der Waals surface area contributed by atoms with Gasteiger partial charge in [-0.05, 0) is 62.6 Å². The third kappa shape index (κ3) is 4.06. The summed E-state index contributed by atoms with van der Waals surface area (Å²) in [5.41, 5.74) is 5.87. The summed E-state index contributed by atoms with van der Waals surface area (Å²) in [4.78, 5) is 0.307. The molecule has 0 spiro atoms. The van der Waals surface area contributed by atoms with Gasteiger partial charge in [-0.3, -0.25) is 4.31 Å². The van der Waals surface area contributed by atoms with Gasteiger partial charge in [0.15, 0.2) is 0 Å². The van der Waals surface area contributed by atoms with Gasteiger partial charge in [0.1, 0.15) is 0 Å². The van der Waals surface area contributed by atoms with Gasteiger partial charge in [-0.25, -0.2) is 8.42 Å². The monoisotopic (exact) mass is 379 g/mol. The molecule has 0 saturated carbocycles. The maximum Gasteiger partial charge on any atom is 0.264 e. The largest absolute Gasteiger partial charge is 0.264 e. The Morgan fingerprint density at radius 3 is 2.11 bits per heavy atom. The van der Waals surface area contributed by atoms with Crippen molar-refractivity contribution in [2.24, 2.45) is 0 Å². The van der Waals surface area contributed by atoms with E-state index in [0.29, 0.717) is 11.4 Å². The smallest absolute Gasteiger partial charge is 0.262 e. The fraction of sp³-hybridized carbons (Fsp3) is 0.217.